The molecule has 0 spiro atoms. The van der Waals surface area contributed by atoms with Gasteiger partial charge in [0.25, 0.3) is 0 Å². The second-order valence-corrected chi connectivity index (χ2v) is 8.04. The molecule has 0 fully saturated rings. The maximum Gasteiger partial charge on any atom is 0.0646 e. The van der Waals surface area contributed by atoms with Crippen LogP contribution in [0.3, 0.4) is 0 Å². The second kappa shape index (κ2) is 4.07. The molecule has 2 nitrogen and oxygen atoms in total. The van der Waals surface area contributed by atoms with Gasteiger partial charge in [0.05, 0.1) is 8.22 Å². The highest BCUT2D eigenvalue weighted by Gasteiger charge is 2.34. The van der Waals surface area contributed by atoms with Crippen LogP contribution in [0.5, 0.6) is 0 Å². The van der Waals surface area contributed by atoms with Gasteiger partial charge in [-0.3, -0.25) is 4.67 Å². The van der Waals surface area contributed by atoms with Gasteiger partial charge in [-0.1, -0.05) is 6.08 Å². The lowest BCUT2D eigenvalue weighted by atomic mass is 10.1. The highest BCUT2D eigenvalue weighted by Crippen LogP contribution is 2.50. The summed E-state index contributed by atoms with van der Waals surface area (Å²) >= 11 is 0. The van der Waals surface area contributed by atoms with Gasteiger partial charge in [-0.25, -0.2) is 0 Å². The first-order valence-corrected chi connectivity index (χ1v) is 7.30. The van der Waals surface area contributed by atoms with Crippen molar-refractivity contribution in [2.45, 2.75) is 52.6 Å². The van der Waals surface area contributed by atoms with Crippen LogP contribution in [0.2, 0.25) is 0 Å². The zero-order valence-corrected chi connectivity index (χ0v) is 12.1. The van der Waals surface area contributed by atoms with Crippen molar-refractivity contribution in [1.29, 1.82) is 0 Å². The predicted molar refractivity (Wildman–Crippen MR) is 70.0 cm³/mol. The first-order chi connectivity index (χ1) is 6.64. The topological polar surface area (TPSA) is 6.48 Å². The van der Waals surface area contributed by atoms with Crippen LogP contribution in [0, 0.1) is 0 Å². The van der Waals surface area contributed by atoms with Gasteiger partial charge in [-0.05, 0) is 48.2 Å². The number of hydrogen-bond acceptors (Lipinski definition) is 2. The van der Waals surface area contributed by atoms with E-state index >= 15 is 0 Å². The van der Waals surface area contributed by atoms with Crippen LogP contribution in [0.1, 0.15) is 41.5 Å². The van der Waals surface area contributed by atoms with Crippen molar-refractivity contribution in [3.63, 3.8) is 0 Å². The van der Waals surface area contributed by atoms with Crippen molar-refractivity contribution in [3.05, 3.63) is 12.3 Å². The summed E-state index contributed by atoms with van der Waals surface area (Å²) < 4.78 is 5.09. The van der Waals surface area contributed by atoms with Crippen molar-refractivity contribution in [1.82, 2.24) is 9.34 Å². The molecule has 1 atom stereocenters. The summed E-state index contributed by atoms with van der Waals surface area (Å²) in [6.45, 7) is 17.2. The SMILES string of the molecule is CP1N(C(C)(C)C)C=CCN1C(C)(C)C. The summed E-state index contributed by atoms with van der Waals surface area (Å²) in [4.78, 5) is 0. The van der Waals surface area contributed by atoms with E-state index < -0.39 is 0 Å². The highest BCUT2D eigenvalue weighted by atomic mass is 31.1. The Balaban J connectivity index is 2.90. The van der Waals surface area contributed by atoms with Gasteiger partial charge < -0.3 is 4.67 Å². The zero-order chi connectivity index (χ0) is 11.9. The summed E-state index contributed by atoms with van der Waals surface area (Å²) in [7, 11) is -0.215. The molecule has 1 aliphatic rings. The molecule has 3 heteroatoms. The average molecular weight is 228 g/mol. The molecular weight excluding hydrogens is 203 g/mol. The quantitative estimate of drug-likeness (QED) is 0.584. The van der Waals surface area contributed by atoms with Crippen molar-refractivity contribution < 1.29 is 0 Å². The molecule has 0 N–H and O–H groups in total. The van der Waals surface area contributed by atoms with Gasteiger partial charge in [0.1, 0.15) is 0 Å². The minimum absolute atomic E-state index is 0.215. The van der Waals surface area contributed by atoms with E-state index in [1.54, 1.807) is 0 Å². The van der Waals surface area contributed by atoms with Gasteiger partial charge in [0.15, 0.2) is 0 Å². The largest absolute Gasteiger partial charge is 0.340 e. The third-order valence-electron chi connectivity index (χ3n) is 2.65. The van der Waals surface area contributed by atoms with Crippen molar-refractivity contribution in [2.24, 2.45) is 0 Å². The molecule has 15 heavy (non-hydrogen) atoms. The molecule has 0 radical (unpaired) electrons. The maximum absolute atomic E-state index is 2.59. The first-order valence-electron chi connectivity index (χ1n) is 5.61. The molecule has 0 saturated carbocycles. The minimum Gasteiger partial charge on any atom is -0.340 e. The molecule has 0 aromatic rings. The molecule has 1 heterocycles. The lowest BCUT2D eigenvalue weighted by molar-refractivity contribution is 0.238. The minimum atomic E-state index is -0.215. The second-order valence-electron chi connectivity index (χ2n) is 6.14. The fourth-order valence-electron chi connectivity index (χ4n) is 1.94. The monoisotopic (exact) mass is 228 g/mol. The summed E-state index contributed by atoms with van der Waals surface area (Å²) in [6, 6.07) is 0. The van der Waals surface area contributed by atoms with E-state index in [0.29, 0.717) is 0 Å². The Labute approximate surface area is 96.2 Å². The van der Waals surface area contributed by atoms with Gasteiger partial charge in [0.2, 0.25) is 0 Å². The lowest BCUT2D eigenvalue weighted by Gasteiger charge is -2.50. The summed E-state index contributed by atoms with van der Waals surface area (Å²) in [6.07, 6.45) is 4.55. The van der Waals surface area contributed by atoms with Gasteiger partial charge in [0, 0.05) is 23.8 Å². The average Bonchev–Trinajstić information content (AvgIpc) is 1.99. The van der Waals surface area contributed by atoms with Crippen LogP contribution < -0.4 is 0 Å². The van der Waals surface area contributed by atoms with Crippen LogP contribution in [0.4, 0.5) is 0 Å². The van der Waals surface area contributed by atoms with Gasteiger partial charge >= 0.3 is 0 Å². The Bertz CT molecular complexity index is 247. The number of nitrogens with zero attached hydrogens (tertiary/aromatic N) is 2. The third-order valence-corrected chi connectivity index (χ3v) is 5.47. The molecule has 88 valence electrons. The summed E-state index contributed by atoms with van der Waals surface area (Å²) in [5.74, 6) is 0. The maximum atomic E-state index is 2.59. The molecule has 0 amide bonds. The molecule has 0 bridgehead atoms. The van der Waals surface area contributed by atoms with E-state index in [1.807, 2.05) is 0 Å². The molecule has 0 saturated heterocycles. The Morgan fingerprint density at radius 2 is 1.53 bits per heavy atom. The van der Waals surface area contributed by atoms with Crippen LogP contribution in [-0.4, -0.2) is 33.6 Å². The number of rotatable bonds is 0. The Hall–Kier alpha value is -0.0700. The van der Waals surface area contributed by atoms with Crippen molar-refractivity contribution in [3.8, 4) is 0 Å². The fraction of sp³-hybridized carbons (Fsp3) is 0.833. The van der Waals surface area contributed by atoms with Crippen molar-refractivity contribution >= 4 is 8.22 Å². The van der Waals surface area contributed by atoms with Crippen LogP contribution in [-0.2, 0) is 0 Å². The summed E-state index contributed by atoms with van der Waals surface area (Å²) in [5.41, 5.74) is 0.482. The standard InChI is InChI=1S/C12H25N2P/c1-11(2,3)13-9-8-10-14(15(13)7)12(4,5)6/h8-9H,10H2,1-7H3. The van der Waals surface area contributed by atoms with Crippen LogP contribution in [0.15, 0.2) is 12.3 Å². The third kappa shape index (κ3) is 2.95. The van der Waals surface area contributed by atoms with Crippen LogP contribution >= 0.6 is 8.22 Å². The van der Waals surface area contributed by atoms with E-state index in [2.05, 4.69) is 69.8 Å². The van der Waals surface area contributed by atoms with E-state index in [4.69, 9.17) is 0 Å². The Kier molecular flexibility index (Phi) is 3.52. The van der Waals surface area contributed by atoms with E-state index in [9.17, 15) is 0 Å². The van der Waals surface area contributed by atoms with Crippen molar-refractivity contribution in [2.75, 3.05) is 13.2 Å². The van der Waals surface area contributed by atoms with Gasteiger partial charge in [-0.15, -0.1) is 0 Å². The normalized spacial score (nSPS) is 24.7. The summed E-state index contributed by atoms with van der Waals surface area (Å²) in [5, 5.41) is 0. The van der Waals surface area contributed by atoms with Gasteiger partial charge in [-0.2, -0.15) is 0 Å². The fourth-order valence-corrected chi connectivity index (χ4v) is 4.53. The molecule has 0 aliphatic carbocycles. The predicted octanol–water partition coefficient (Wildman–Crippen LogP) is 3.66. The first kappa shape index (κ1) is 13.0. The number of hydrogen-bond donors (Lipinski definition) is 0. The highest BCUT2D eigenvalue weighted by molar-refractivity contribution is 7.52. The molecule has 0 aromatic heterocycles. The molecule has 1 aliphatic heterocycles. The lowest BCUT2D eigenvalue weighted by Crippen LogP contribution is -2.46. The molecular formula is C12H25N2P. The van der Waals surface area contributed by atoms with E-state index in [-0.39, 0.29) is 19.3 Å². The molecule has 1 rings (SSSR count). The van der Waals surface area contributed by atoms with E-state index in [1.165, 1.54) is 0 Å². The van der Waals surface area contributed by atoms with E-state index in [0.717, 1.165) is 6.54 Å². The zero-order valence-electron chi connectivity index (χ0n) is 11.2. The Morgan fingerprint density at radius 3 is 1.93 bits per heavy atom. The Morgan fingerprint density at radius 1 is 1.00 bits per heavy atom. The molecule has 1 unspecified atom stereocenters. The van der Waals surface area contributed by atoms with Crippen LogP contribution in [0.25, 0.3) is 0 Å². The molecule has 0 aromatic carbocycles. The smallest absolute Gasteiger partial charge is 0.0646 e.